The van der Waals surface area contributed by atoms with E-state index in [0.717, 1.165) is 6.42 Å². The summed E-state index contributed by atoms with van der Waals surface area (Å²) in [6.07, 6.45) is 1.05. The highest BCUT2D eigenvalue weighted by molar-refractivity contribution is 14.1. The summed E-state index contributed by atoms with van der Waals surface area (Å²) >= 11 is 2.01. The predicted octanol–water partition coefficient (Wildman–Crippen LogP) is 1.92. The van der Waals surface area contributed by atoms with Gasteiger partial charge in [0.2, 0.25) is 11.8 Å². The molecule has 0 aliphatic heterocycles. The van der Waals surface area contributed by atoms with Gasteiger partial charge in [0.1, 0.15) is 18.5 Å². The number of nitrogens with one attached hydrogen (secondary N) is 1. The van der Waals surface area contributed by atoms with Crippen LogP contribution in [-0.4, -0.2) is 78.3 Å². The fourth-order valence-electron chi connectivity index (χ4n) is 3.79. The molecule has 1 aromatic carbocycles. The highest BCUT2D eigenvalue weighted by Gasteiger charge is 2.40. The standard InChI is InChI=1S/C24H33IN2O7/c1-14(2)5-7-27(15(3)30)19-11-17(24(32)26-6-8-28)12-20(22(19)31)34-23-18(25)9-16(13-29)10-21(23)33-4/h9-10,12-14,19-20,22,28,31H,5-8,11H2,1-4H3,(H,26,32)/t19-,20+,22+/m1/s1. The zero-order valence-electron chi connectivity index (χ0n) is 19.9. The minimum Gasteiger partial charge on any atom is -0.493 e. The number of carbonyl (C=O) groups is 3. The Morgan fingerprint density at radius 3 is 2.62 bits per heavy atom. The third-order valence-corrected chi connectivity index (χ3v) is 6.41. The van der Waals surface area contributed by atoms with Crippen molar-refractivity contribution in [2.45, 2.75) is 51.9 Å². The lowest BCUT2D eigenvalue weighted by Crippen LogP contribution is -2.55. The molecule has 0 heterocycles. The molecule has 9 nitrogen and oxygen atoms in total. The Kier molecular flexibility index (Phi) is 10.8. The molecule has 3 atom stereocenters. The Labute approximate surface area is 213 Å². The third kappa shape index (κ3) is 7.16. The van der Waals surface area contributed by atoms with Crippen molar-refractivity contribution in [1.29, 1.82) is 0 Å². The fourth-order valence-corrected chi connectivity index (χ4v) is 4.54. The number of hydrogen-bond acceptors (Lipinski definition) is 7. The average Bonchev–Trinajstić information content (AvgIpc) is 2.79. The number of hydrogen-bond donors (Lipinski definition) is 3. The Bertz CT molecular complexity index is 919. The van der Waals surface area contributed by atoms with Gasteiger partial charge in [-0.2, -0.15) is 0 Å². The molecule has 34 heavy (non-hydrogen) atoms. The van der Waals surface area contributed by atoms with E-state index in [1.165, 1.54) is 26.2 Å². The molecule has 0 aromatic heterocycles. The molecule has 188 valence electrons. The number of methoxy groups -OCH3 is 1. The van der Waals surface area contributed by atoms with Crippen LogP contribution in [0.2, 0.25) is 0 Å². The maximum atomic E-state index is 12.7. The predicted molar refractivity (Wildman–Crippen MR) is 135 cm³/mol. The first-order valence-corrected chi connectivity index (χ1v) is 12.2. The van der Waals surface area contributed by atoms with E-state index in [1.54, 1.807) is 11.0 Å². The van der Waals surface area contributed by atoms with Crippen molar-refractivity contribution in [3.8, 4) is 11.5 Å². The lowest BCUT2D eigenvalue weighted by Gasteiger charge is -2.40. The fraction of sp³-hybridized carbons (Fsp3) is 0.542. The van der Waals surface area contributed by atoms with Crippen LogP contribution in [0.1, 0.15) is 44.0 Å². The van der Waals surface area contributed by atoms with Crippen LogP contribution in [0.4, 0.5) is 0 Å². The van der Waals surface area contributed by atoms with E-state index in [2.05, 4.69) is 5.32 Å². The monoisotopic (exact) mass is 588 g/mol. The maximum absolute atomic E-state index is 12.7. The van der Waals surface area contributed by atoms with E-state index in [4.69, 9.17) is 14.6 Å². The van der Waals surface area contributed by atoms with Gasteiger partial charge in [0.15, 0.2) is 11.5 Å². The van der Waals surface area contributed by atoms with E-state index in [0.29, 0.717) is 45.0 Å². The highest BCUT2D eigenvalue weighted by Crippen LogP contribution is 2.37. The Balaban J connectivity index is 2.46. The van der Waals surface area contributed by atoms with Gasteiger partial charge in [0.05, 0.1) is 23.3 Å². The summed E-state index contributed by atoms with van der Waals surface area (Å²) in [4.78, 5) is 38.1. The smallest absolute Gasteiger partial charge is 0.247 e. The lowest BCUT2D eigenvalue weighted by molar-refractivity contribution is -0.136. The van der Waals surface area contributed by atoms with Crippen LogP contribution in [0, 0.1) is 9.49 Å². The second kappa shape index (κ2) is 13.1. The van der Waals surface area contributed by atoms with Gasteiger partial charge in [-0.1, -0.05) is 13.8 Å². The molecule has 0 bridgehead atoms. The second-order valence-corrected chi connectivity index (χ2v) is 9.73. The number of benzene rings is 1. The van der Waals surface area contributed by atoms with E-state index >= 15 is 0 Å². The molecule has 0 saturated carbocycles. The van der Waals surface area contributed by atoms with Gasteiger partial charge in [-0.3, -0.25) is 14.4 Å². The molecule has 2 amide bonds. The van der Waals surface area contributed by atoms with Crippen molar-refractivity contribution in [1.82, 2.24) is 10.2 Å². The molecule has 0 fully saturated rings. The van der Waals surface area contributed by atoms with Crippen LogP contribution in [0.5, 0.6) is 11.5 Å². The number of amides is 2. The lowest BCUT2D eigenvalue weighted by atomic mass is 9.88. The molecule has 3 N–H and O–H groups in total. The van der Waals surface area contributed by atoms with Gasteiger partial charge < -0.3 is 29.9 Å². The first-order chi connectivity index (χ1) is 16.1. The number of halogens is 1. The topological polar surface area (TPSA) is 125 Å². The van der Waals surface area contributed by atoms with E-state index in [-0.39, 0.29) is 25.5 Å². The average molecular weight is 588 g/mol. The van der Waals surface area contributed by atoms with Crippen molar-refractivity contribution in [3.05, 3.63) is 32.9 Å². The molecule has 0 radical (unpaired) electrons. The van der Waals surface area contributed by atoms with Crippen molar-refractivity contribution < 1.29 is 34.1 Å². The van der Waals surface area contributed by atoms with Crippen molar-refractivity contribution in [2.75, 3.05) is 26.8 Å². The Morgan fingerprint density at radius 2 is 2.06 bits per heavy atom. The Hall–Kier alpha value is -2.18. The summed E-state index contributed by atoms with van der Waals surface area (Å²) in [5, 5.41) is 23.0. The number of rotatable bonds is 11. The van der Waals surface area contributed by atoms with E-state index < -0.39 is 24.2 Å². The highest BCUT2D eigenvalue weighted by atomic mass is 127. The Morgan fingerprint density at radius 1 is 1.35 bits per heavy atom. The number of ether oxygens (including phenoxy) is 2. The molecule has 1 aliphatic carbocycles. The maximum Gasteiger partial charge on any atom is 0.247 e. The molecule has 0 spiro atoms. The molecule has 1 aliphatic rings. The zero-order chi connectivity index (χ0) is 25.4. The van der Waals surface area contributed by atoms with Crippen LogP contribution in [0.25, 0.3) is 0 Å². The first kappa shape index (κ1) is 28.1. The first-order valence-electron chi connectivity index (χ1n) is 11.2. The summed E-state index contributed by atoms with van der Waals surface area (Å²) in [5.74, 6) is 0.375. The normalized spacial score (nSPS) is 19.9. The summed E-state index contributed by atoms with van der Waals surface area (Å²) < 4.78 is 12.1. The number of carbonyl (C=O) groups excluding carboxylic acids is 3. The summed E-state index contributed by atoms with van der Waals surface area (Å²) in [6.45, 7) is 5.84. The van der Waals surface area contributed by atoms with E-state index in [9.17, 15) is 19.5 Å². The SMILES string of the molecule is COc1cc(C=O)cc(I)c1O[C@H]1C=C(C(=O)NCCO)C[C@@H](N(CCC(C)C)C(C)=O)[C@@H]1O. The third-order valence-electron chi connectivity index (χ3n) is 5.61. The zero-order valence-corrected chi connectivity index (χ0v) is 22.1. The minimum atomic E-state index is -1.11. The summed E-state index contributed by atoms with van der Waals surface area (Å²) in [6, 6.07) is 2.47. The van der Waals surface area contributed by atoms with Gasteiger partial charge in [-0.15, -0.1) is 0 Å². The van der Waals surface area contributed by atoms with E-state index in [1.807, 2.05) is 36.4 Å². The van der Waals surface area contributed by atoms with Gasteiger partial charge in [-0.05, 0) is 53.1 Å². The van der Waals surface area contributed by atoms with Crippen LogP contribution in [0.15, 0.2) is 23.8 Å². The summed E-state index contributed by atoms with van der Waals surface area (Å²) in [5.41, 5.74) is 0.759. The minimum absolute atomic E-state index is 0.0809. The summed E-state index contributed by atoms with van der Waals surface area (Å²) in [7, 11) is 1.44. The van der Waals surface area contributed by atoms with Crippen LogP contribution in [-0.2, 0) is 9.59 Å². The largest absolute Gasteiger partial charge is 0.493 e. The van der Waals surface area contributed by atoms with Crippen LogP contribution < -0.4 is 14.8 Å². The van der Waals surface area contributed by atoms with Crippen molar-refractivity contribution >= 4 is 40.7 Å². The second-order valence-electron chi connectivity index (χ2n) is 8.56. The van der Waals surface area contributed by atoms with Gasteiger partial charge in [0.25, 0.3) is 0 Å². The molecule has 2 rings (SSSR count). The van der Waals surface area contributed by atoms with Crippen molar-refractivity contribution in [3.63, 3.8) is 0 Å². The molecular weight excluding hydrogens is 555 g/mol. The van der Waals surface area contributed by atoms with Crippen molar-refractivity contribution in [2.24, 2.45) is 5.92 Å². The number of aliphatic hydroxyl groups excluding tert-OH is 2. The number of nitrogens with zero attached hydrogens (tertiary/aromatic N) is 1. The molecule has 1 aromatic rings. The number of aliphatic hydroxyl groups is 2. The quantitative estimate of drug-likeness (QED) is 0.267. The van der Waals surface area contributed by atoms with Crippen LogP contribution >= 0.6 is 22.6 Å². The molecule has 10 heteroatoms. The van der Waals surface area contributed by atoms with Crippen LogP contribution in [0.3, 0.4) is 0 Å². The molecule has 0 saturated heterocycles. The van der Waals surface area contributed by atoms with Gasteiger partial charge in [0, 0.05) is 37.6 Å². The number of aldehydes is 1. The molecular formula is C24H33IN2O7. The van der Waals surface area contributed by atoms with Gasteiger partial charge in [-0.25, -0.2) is 0 Å². The molecule has 0 unspecified atom stereocenters. The van der Waals surface area contributed by atoms with Gasteiger partial charge >= 0.3 is 0 Å².